The Morgan fingerprint density at radius 3 is 1.35 bits per heavy atom. The molecule has 230 valence electrons. The van der Waals surface area contributed by atoms with Crippen LogP contribution in [0, 0.1) is 13.8 Å². The van der Waals surface area contributed by atoms with Crippen molar-refractivity contribution in [2.45, 2.75) is 13.8 Å². The number of benzene rings is 9. The minimum absolute atomic E-state index is 1.22. The van der Waals surface area contributed by atoms with Crippen LogP contribution in [0.3, 0.4) is 0 Å². The number of nitrogens with zero attached hydrogens (tertiary/aromatic N) is 1. The predicted molar refractivity (Wildman–Crippen MR) is 211 cm³/mol. The molecule has 1 nitrogen and oxygen atoms in total. The van der Waals surface area contributed by atoms with Crippen molar-refractivity contribution in [1.29, 1.82) is 0 Å². The Bertz CT molecular complexity index is 2790. The highest BCUT2D eigenvalue weighted by Gasteiger charge is 2.21. The maximum Gasteiger partial charge on any atom is 0.0547 e. The first-order chi connectivity index (χ1) is 24.2. The highest BCUT2D eigenvalue weighted by molar-refractivity contribution is 6.28. The molecule has 10 rings (SSSR count). The fourth-order valence-corrected chi connectivity index (χ4v) is 8.45. The smallest absolute Gasteiger partial charge is 0.0547 e. The number of aryl methyl sites for hydroxylation is 2. The summed E-state index contributed by atoms with van der Waals surface area (Å²) in [4.78, 5) is 0. The van der Waals surface area contributed by atoms with Gasteiger partial charge in [0, 0.05) is 16.5 Å². The summed E-state index contributed by atoms with van der Waals surface area (Å²) < 4.78 is 2.50. The molecule has 1 aromatic heterocycles. The summed E-state index contributed by atoms with van der Waals surface area (Å²) in [7, 11) is 0. The molecule has 0 bridgehead atoms. The molecule has 0 fully saturated rings. The van der Waals surface area contributed by atoms with Crippen LogP contribution in [-0.2, 0) is 0 Å². The fraction of sp³-hybridized carbons (Fsp3) is 0.0417. The fourth-order valence-electron chi connectivity index (χ4n) is 8.45. The molecule has 10 aromatic rings. The van der Waals surface area contributed by atoms with Gasteiger partial charge in [-0.05, 0) is 115 Å². The highest BCUT2D eigenvalue weighted by atomic mass is 15.0. The van der Waals surface area contributed by atoms with Crippen molar-refractivity contribution in [3.63, 3.8) is 0 Å². The van der Waals surface area contributed by atoms with Crippen LogP contribution in [-0.4, -0.2) is 4.57 Å². The van der Waals surface area contributed by atoms with Crippen LogP contribution in [0.2, 0.25) is 0 Å². The van der Waals surface area contributed by atoms with E-state index < -0.39 is 0 Å². The van der Waals surface area contributed by atoms with Crippen molar-refractivity contribution in [3.8, 4) is 27.9 Å². The lowest BCUT2D eigenvalue weighted by Crippen LogP contribution is -2.00. The van der Waals surface area contributed by atoms with Crippen LogP contribution in [0.15, 0.2) is 164 Å². The predicted octanol–water partition coefficient (Wildman–Crippen LogP) is 13.3. The van der Waals surface area contributed by atoms with Gasteiger partial charge in [0.05, 0.1) is 11.0 Å². The molecule has 0 spiro atoms. The van der Waals surface area contributed by atoms with Gasteiger partial charge in [-0.2, -0.15) is 0 Å². The lowest BCUT2D eigenvalue weighted by atomic mass is 9.84. The van der Waals surface area contributed by atoms with E-state index in [1.807, 2.05) is 0 Å². The third-order valence-electron chi connectivity index (χ3n) is 10.6. The van der Waals surface area contributed by atoms with Gasteiger partial charge in [0.15, 0.2) is 0 Å². The Balaban J connectivity index is 1.29. The van der Waals surface area contributed by atoms with Gasteiger partial charge in [0.1, 0.15) is 0 Å². The normalized spacial score (nSPS) is 11.9. The maximum atomic E-state index is 2.50. The minimum Gasteiger partial charge on any atom is -0.309 e. The lowest BCUT2D eigenvalue weighted by Gasteiger charge is -2.21. The van der Waals surface area contributed by atoms with Crippen LogP contribution in [0.25, 0.3) is 92.8 Å². The first kappa shape index (κ1) is 27.9. The van der Waals surface area contributed by atoms with Gasteiger partial charge in [-0.25, -0.2) is 0 Å². The van der Waals surface area contributed by atoms with Crippen molar-refractivity contribution in [1.82, 2.24) is 4.57 Å². The average Bonchev–Trinajstić information content (AvgIpc) is 3.50. The van der Waals surface area contributed by atoms with E-state index in [1.165, 1.54) is 104 Å². The average molecular weight is 624 g/mol. The third kappa shape index (κ3) is 4.06. The summed E-state index contributed by atoms with van der Waals surface area (Å²) in [6, 6.07) is 60.4. The van der Waals surface area contributed by atoms with E-state index in [-0.39, 0.29) is 0 Å². The van der Waals surface area contributed by atoms with Gasteiger partial charge in [0.2, 0.25) is 0 Å². The molecule has 0 N–H and O–H groups in total. The summed E-state index contributed by atoms with van der Waals surface area (Å²) in [5.74, 6) is 0. The first-order valence-corrected chi connectivity index (χ1v) is 17.1. The van der Waals surface area contributed by atoms with Crippen molar-refractivity contribution in [3.05, 3.63) is 175 Å². The zero-order chi connectivity index (χ0) is 32.6. The van der Waals surface area contributed by atoms with Crippen LogP contribution in [0.4, 0.5) is 0 Å². The number of aromatic nitrogens is 1. The Hall–Kier alpha value is -6.18. The van der Waals surface area contributed by atoms with Crippen molar-refractivity contribution < 1.29 is 0 Å². The van der Waals surface area contributed by atoms with E-state index >= 15 is 0 Å². The van der Waals surface area contributed by atoms with Gasteiger partial charge in [-0.3, -0.25) is 0 Å². The Kier molecular flexibility index (Phi) is 6.07. The lowest BCUT2D eigenvalue weighted by molar-refractivity contribution is 1.14. The van der Waals surface area contributed by atoms with E-state index in [0.29, 0.717) is 0 Å². The molecule has 0 radical (unpaired) electrons. The Morgan fingerprint density at radius 2 is 0.816 bits per heavy atom. The van der Waals surface area contributed by atoms with Crippen molar-refractivity contribution in [2.24, 2.45) is 0 Å². The molecular weight excluding hydrogens is 591 g/mol. The first-order valence-electron chi connectivity index (χ1n) is 17.1. The monoisotopic (exact) mass is 623 g/mol. The molecular formula is C48H33N. The molecule has 1 heteroatoms. The SMILES string of the molecule is Cc1cc(-n2c3ccc4ccccc4c3c3c4ccccc4ccc32)c(C)cc1-c1c2ccccc2c(-c2ccccc2)c2ccccc12. The molecule has 9 aromatic carbocycles. The van der Waals surface area contributed by atoms with Crippen molar-refractivity contribution >= 4 is 64.9 Å². The highest BCUT2D eigenvalue weighted by Crippen LogP contribution is 2.46. The Morgan fingerprint density at radius 1 is 0.367 bits per heavy atom. The quantitative estimate of drug-likeness (QED) is 0.173. The zero-order valence-corrected chi connectivity index (χ0v) is 27.5. The molecule has 49 heavy (non-hydrogen) atoms. The van der Waals surface area contributed by atoms with Gasteiger partial charge < -0.3 is 4.57 Å². The summed E-state index contributed by atoms with van der Waals surface area (Å²) in [6.07, 6.45) is 0. The standard InChI is InChI=1S/C48H33N/c1-30-29-44(49-42-26-24-32-14-6-8-18-35(32)47(42)48-36-19-9-7-15-33(36)25-27-43(48)49)31(2)28-41(30)46-39-22-12-10-20-37(39)45(34-16-4-3-5-17-34)38-21-11-13-23-40(38)46/h3-29H,1-2H3. The summed E-state index contributed by atoms with van der Waals surface area (Å²) >= 11 is 0. The summed E-state index contributed by atoms with van der Waals surface area (Å²) in [5, 5.41) is 12.9. The number of rotatable bonds is 3. The Labute approximate surface area is 285 Å². The van der Waals surface area contributed by atoms with Gasteiger partial charge >= 0.3 is 0 Å². The van der Waals surface area contributed by atoms with Gasteiger partial charge in [-0.1, -0.05) is 140 Å². The van der Waals surface area contributed by atoms with Gasteiger partial charge in [0.25, 0.3) is 0 Å². The number of hydrogen-bond donors (Lipinski definition) is 0. The van der Waals surface area contributed by atoms with Crippen molar-refractivity contribution in [2.75, 3.05) is 0 Å². The van der Waals surface area contributed by atoms with E-state index in [2.05, 4.69) is 182 Å². The molecule has 0 saturated carbocycles. The van der Waals surface area contributed by atoms with Crippen LogP contribution >= 0.6 is 0 Å². The second kappa shape index (κ2) is 10.7. The topological polar surface area (TPSA) is 4.93 Å². The molecule has 0 aliphatic rings. The van der Waals surface area contributed by atoms with E-state index in [0.717, 1.165) is 0 Å². The molecule has 0 amide bonds. The van der Waals surface area contributed by atoms with Crippen LogP contribution in [0.5, 0.6) is 0 Å². The van der Waals surface area contributed by atoms with E-state index in [4.69, 9.17) is 0 Å². The van der Waals surface area contributed by atoms with Crippen LogP contribution in [0.1, 0.15) is 11.1 Å². The second-order valence-corrected chi connectivity index (χ2v) is 13.4. The zero-order valence-electron chi connectivity index (χ0n) is 27.5. The molecule has 0 atom stereocenters. The molecule has 0 aliphatic heterocycles. The number of hydrogen-bond acceptors (Lipinski definition) is 0. The molecule has 0 saturated heterocycles. The van der Waals surface area contributed by atoms with Crippen LogP contribution < -0.4 is 0 Å². The minimum atomic E-state index is 1.22. The summed E-state index contributed by atoms with van der Waals surface area (Å²) in [5.41, 5.74) is 11.3. The molecule has 1 heterocycles. The van der Waals surface area contributed by atoms with Gasteiger partial charge in [-0.15, -0.1) is 0 Å². The largest absolute Gasteiger partial charge is 0.309 e. The number of fused-ring (bicyclic) bond motifs is 9. The third-order valence-corrected chi connectivity index (χ3v) is 10.6. The van der Waals surface area contributed by atoms with E-state index in [9.17, 15) is 0 Å². The maximum absolute atomic E-state index is 2.50. The molecule has 0 unspecified atom stereocenters. The molecule has 0 aliphatic carbocycles. The second-order valence-electron chi connectivity index (χ2n) is 13.4. The summed E-state index contributed by atoms with van der Waals surface area (Å²) in [6.45, 7) is 4.56. The van der Waals surface area contributed by atoms with E-state index in [1.54, 1.807) is 0 Å².